The van der Waals surface area contributed by atoms with E-state index in [1.54, 1.807) is 4.68 Å². The highest BCUT2D eigenvalue weighted by molar-refractivity contribution is 7.98. The third-order valence-corrected chi connectivity index (χ3v) is 6.00. The molecule has 0 radical (unpaired) electrons. The lowest BCUT2D eigenvalue weighted by Gasteiger charge is -2.28. The van der Waals surface area contributed by atoms with Crippen LogP contribution in [-0.4, -0.2) is 30.7 Å². The summed E-state index contributed by atoms with van der Waals surface area (Å²) in [4.78, 5) is 24.1. The topological polar surface area (TPSA) is 89.6 Å². The van der Waals surface area contributed by atoms with E-state index in [1.807, 2.05) is 24.3 Å². The molecule has 7 nitrogen and oxygen atoms in total. The van der Waals surface area contributed by atoms with Gasteiger partial charge >= 0.3 is 0 Å². The van der Waals surface area contributed by atoms with Crippen LogP contribution in [0, 0.1) is 0 Å². The van der Waals surface area contributed by atoms with Crippen LogP contribution in [0.1, 0.15) is 37.6 Å². The second-order valence-electron chi connectivity index (χ2n) is 7.15. The minimum absolute atomic E-state index is 0.179. The molecular weight excluding hydrogens is 400 g/mol. The summed E-state index contributed by atoms with van der Waals surface area (Å²) in [6, 6.07) is 7.29. The lowest BCUT2D eigenvalue weighted by atomic mass is 9.92. The normalized spacial score (nSPS) is 17.3. The molecular formula is C19H17F2N5O2S. The number of benzene rings is 1. The molecule has 4 aromatic rings. The van der Waals surface area contributed by atoms with E-state index >= 15 is 0 Å². The molecule has 0 amide bonds. The summed E-state index contributed by atoms with van der Waals surface area (Å²) in [5, 5.41) is 5.03. The largest absolute Gasteiger partial charge is 0.440 e. The van der Waals surface area contributed by atoms with Crippen molar-refractivity contribution in [3.8, 4) is 0 Å². The maximum Gasteiger partial charge on any atom is 0.262 e. The van der Waals surface area contributed by atoms with Gasteiger partial charge < -0.3 is 9.40 Å². The van der Waals surface area contributed by atoms with E-state index in [2.05, 4.69) is 20.1 Å². The van der Waals surface area contributed by atoms with Crippen LogP contribution in [0.3, 0.4) is 0 Å². The van der Waals surface area contributed by atoms with Gasteiger partial charge in [0.1, 0.15) is 10.9 Å². The summed E-state index contributed by atoms with van der Waals surface area (Å²) >= 11 is 1.29. The number of alkyl halides is 2. The maximum absolute atomic E-state index is 13.5. The number of thioether (sulfide) groups is 1. The number of para-hydroxylation sites is 2. The minimum atomic E-state index is -2.62. The molecule has 0 aliphatic heterocycles. The quantitative estimate of drug-likeness (QED) is 0.393. The first kappa shape index (κ1) is 18.3. The summed E-state index contributed by atoms with van der Waals surface area (Å²) in [6.45, 7) is 0. The van der Waals surface area contributed by atoms with Gasteiger partial charge in [-0.2, -0.15) is 5.10 Å². The number of hydrogen-bond acceptors (Lipinski definition) is 6. The lowest BCUT2D eigenvalue weighted by Crippen LogP contribution is -2.27. The van der Waals surface area contributed by atoms with Crippen LogP contribution in [0.15, 0.2) is 44.8 Å². The molecule has 1 aliphatic carbocycles. The Kier molecular flexibility index (Phi) is 4.38. The van der Waals surface area contributed by atoms with E-state index < -0.39 is 5.92 Å². The van der Waals surface area contributed by atoms with Crippen LogP contribution in [0.25, 0.3) is 22.1 Å². The van der Waals surface area contributed by atoms with Gasteiger partial charge in [-0.1, -0.05) is 23.9 Å². The first-order valence-corrected chi connectivity index (χ1v) is 10.3. The molecule has 3 aromatic heterocycles. The first-order valence-electron chi connectivity index (χ1n) is 9.31. The summed E-state index contributed by atoms with van der Waals surface area (Å²) in [5.41, 5.74) is 1.59. The first-order chi connectivity index (χ1) is 14.0. The number of nitrogens with zero attached hydrogens (tertiary/aromatic N) is 4. The van der Waals surface area contributed by atoms with Gasteiger partial charge in [0.2, 0.25) is 11.8 Å². The smallest absolute Gasteiger partial charge is 0.262 e. The SMILES string of the molecule is O=c1[nH]c(SCc2nc3ccccc3o2)nc2c1cnn2C1CCC(F)(F)CC1. The summed E-state index contributed by atoms with van der Waals surface area (Å²) in [5.74, 6) is -1.69. The second kappa shape index (κ2) is 6.94. The zero-order valence-electron chi connectivity index (χ0n) is 15.3. The molecule has 0 atom stereocenters. The van der Waals surface area contributed by atoms with E-state index in [9.17, 15) is 13.6 Å². The molecule has 10 heteroatoms. The van der Waals surface area contributed by atoms with Gasteiger partial charge in [-0.15, -0.1) is 0 Å². The number of aromatic nitrogens is 5. The molecule has 0 spiro atoms. The number of fused-ring (bicyclic) bond motifs is 2. The molecule has 1 saturated carbocycles. The Balaban J connectivity index is 1.40. The van der Waals surface area contributed by atoms with Gasteiger partial charge in [-0.25, -0.2) is 23.4 Å². The van der Waals surface area contributed by atoms with Gasteiger partial charge in [0.25, 0.3) is 5.56 Å². The molecule has 150 valence electrons. The molecule has 0 saturated heterocycles. The van der Waals surface area contributed by atoms with Crippen molar-refractivity contribution >= 4 is 33.9 Å². The van der Waals surface area contributed by atoms with Crippen LogP contribution in [0.4, 0.5) is 8.78 Å². The van der Waals surface area contributed by atoms with Gasteiger partial charge in [0.05, 0.1) is 18.0 Å². The van der Waals surface area contributed by atoms with Gasteiger partial charge in [0, 0.05) is 12.8 Å². The average Bonchev–Trinajstić information content (AvgIpc) is 3.30. The number of aromatic amines is 1. The molecule has 1 aromatic carbocycles. The van der Waals surface area contributed by atoms with Crippen LogP contribution >= 0.6 is 11.8 Å². The summed E-state index contributed by atoms with van der Waals surface area (Å²) < 4.78 is 34.3. The van der Waals surface area contributed by atoms with Crippen LogP contribution < -0.4 is 5.56 Å². The van der Waals surface area contributed by atoms with Crippen molar-refractivity contribution in [3.63, 3.8) is 0 Å². The van der Waals surface area contributed by atoms with E-state index in [0.29, 0.717) is 46.3 Å². The van der Waals surface area contributed by atoms with E-state index in [4.69, 9.17) is 4.42 Å². The van der Waals surface area contributed by atoms with Crippen LogP contribution in [0.5, 0.6) is 0 Å². The van der Waals surface area contributed by atoms with Crippen molar-refractivity contribution in [1.82, 2.24) is 24.7 Å². The Morgan fingerprint density at radius 2 is 2.03 bits per heavy atom. The number of H-pyrrole nitrogens is 1. The highest BCUT2D eigenvalue weighted by Gasteiger charge is 2.36. The molecule has 5 rings (SSSR count). The molecule has 1 fully saturated rings. The van der Waals surface area contributed by atoms with Gasteiger partial charge in [-0.05, 0) is 25.0 Å². The number of hydrogen-bond donors (Lipinski definition) is 1. The molecule has 1 aliphatic rings. The molecule has 3 heterocycles. The number of rotatable bonds is 4. The standard InChI is InChI=1S/C19H17F2N5O2S/c20-19(21)7-5-11(6-8-19)26-16-12(9-22-26)17(27)25-18(24-16)29-10-15-23-13-3-1-2-4-14(13)28-15/h1-4,9,11H,5-8,10H2,(H,24,25,27). The van der Waals surface area contributed by atoms with Crippen molar-refractivity contribution in [3.05, 3.63) is 46.7 Å². The third-order valence-electron chi connectivity index (χ3n) is 5.14. The predicted molar refractivity (Wildman–Crippen MR) is 104 cm³/mol. The molecule has 0 unspecified atom stereocenters. The Morgan fingerprint density at radius 3 is 2.83 bits per heavy atom. The second-order valence-corrected chi connectivity index (χ2v) is 8.11. The van der Waals surface area contributed by atoms with Gasteiger partial charge in [-0.3, -0.25) is 4.79 Å². The monoisotopic (exact) mass is 417 g/mol. The van der Waals surface area contributed by atoms with E-state index in [-0.39, 0.29) is 24.4 Å². The van der Waals surface area contributed by atoms with Crippen LogP contribution in [0.2, 0.25) is 0 Å². The zero-order chi connectivity index (χ0) is 20.0. The van der Waals surface area contributed by atoms with Crippen molar-refractivity contribution in [1.29, 1.82) is 0 Å². The Morgan fingerprint density at radius 1 is 1.24 bits per heavy atom. The zero-order valence-corrected chi connectivity index (χ0v) is 16.1. The molecule has 0 bridgehead atoms. The van der Waals surface area contributed by atoms with E-state index in [0.717, 1.165) is 5.52 Å². The number of oxazole rings is 1. The number of nitrogens with one attached hydrogen (secondary N) is 1. The van der Waals surface area contributed by atoms with Gasteiger partial charge in [0.15, 0.2) is 16.4 Å². The maximum atomic E-state index is 13.5. The van der Waals surface area contributed by atoms with Crippen molar-refractivity contribution in [2.24, 2.45) is 0 Å². The van der Waals surface area contributed by atoms with Crippen LogP contribution in [-0.2, 0) is 5.75 Å². The Bertz CT molecular complexity index is 1210. The fourth-order valence-electron chi connectivity index (χ4n) is 3.63. The average molecular weight is 417 g/mol. The highest BCUT2D eigenvalue weighted by Crippen LogP contribution is 2.38. The lowest BCUT2D eigenvalue weighted by molar-refractivity contribution is -0.0446. The fourth-order valence-corrected chi connectivity index (χ4v) is 4.33. The van der Waals surface area contributed by atoms with E-state index in [1.165, 1.54) is 18.0 Å². The Hall–Kier alpha value is -2.75. The third kappa shape index (κ3) is 3.52. The predicted octanol–water partition coefficient (Wildman–Crippen LogP) is 4.30. The summed E-state index contributed by atoms with van der Waals surface area (Å²) in [7, 11) is 0. The fraction of sp³-hybridized carbons (Fsp3) is 0.368. The summed E-state index contributed by atoms with van der Waals surface area (Å²) in [6.07, 6.45) is 1.71. The minimum Gasteiger partial charge on any atom is -0.440 e. The van der Waals surface area contributed by atoms with Crippen molar-refractivity contribution in [2.45, 2.75) is 48.6 Å². The Labute approximate surface area is 167 Å². The number of halogens is 2. The highest BCUT2D eigenvalue weighted by atomic mass is 32.2. The van der Waals surface area contributed by atoms with Crippen molar-refractivity contribution < 1.29 is 13.2 Å². The molecule has 1 N–H and O–H groups in total. The molecule has 29 heavy (non-hydrogen) atoms. The van der Waals surface area contributed by atoms with Crippen molar-refractivity contribution in [2.75, 3.05) is 0 Å².